The van der Waals surface area contributed by atoms with Crippen molar-refractivity contribution < 1.29 is 60.7 Å². The predicted octanol–water partition coefficient (Wildman–Crippen LogP) is 7.64. The summed E-state index contributed by atoms with van der Waals surface area (Å²) in [5.74, 6) is -8.42. The van der Waals surface area contributed by atoms with Crippen molar-refractivity contribution in [2.24, 2.45) is 0 Å². The van der Waals surface area contributed by atoms with Gasteiger partial charge in [-0.25, -0.2) is 28.8 Å². The number of amides is 2. The van der Waals surface area contributed by atoms with Crippen molar-refractivity contribution in [3.63, 3.8) is 0 Å². The van der Waals surface area contributed by atoms with Gasteiger partial charge in [0, 0.05) is 55.8 Å². The van der Waals surface area contributed by atoms with Crippen molar-refractivity contribution in [2.75, 3.05) is 10.6 Å². The van der Waals surface area contributed by atoms with Crippen LogP contribution >= 0.6 is 93.3 Å². The molecule has 0 unspecified atom stereocenters. The fourth-order valence-corrected chi connectivity index (χ4v) is 4.05. The second-order valence-corrected chi connectivity index (χ2v) is 9.28. The molecule has 3 aromatic rings. The molecule has 0 fully saturated rings. The van der Waals surface area contributed by atoms with E-state index in [4.69, 9.17) is 38.8 Å². The number of aromatic carboxylic acids is 1. The summed E-state index contributed by atoms with van der Waals surface area (Å²) in [6.45, 7) is 3.08. The number of carboxylic acids is 1. The third kappa shape index (κ3) is 9.17. The summed E-state index contributed by atoms with van der Waals surface area (Å²) in [6, 6.07) is 5.77. The second-order valence-electron chi connectivity index (χ2n) is 7.77. The van der Waals surface area contributed by atoms with E-state index in [9.17, 15) is 32.3 Å². The van der Waals surface area contributed by atoms with Crippen LogP contribution in [0.15, 0.2) is 28.9 Å². The molecule has 3 N–H and O–H groups in total. The molecule has 231 valence electrons. The molecular formula is C23H15Br2Cl2F3I2N4O6V. The summed E-state index contributed by atoms with van der Waals surface area (Å²) < 4.78 is 45.9. The number of fused-ring (bicyclic) bond motifs is 1. The van der Waals surface area contributed by atoms with Gasteiger partial charge in [-0.05, 0) is 41.9 Å². The number of ether oxygens (including phenoxy) is 1. The van der Waals surface area contributed by atoms with E-state index in [-0.39, 0.29) is 51.3 Å². The summed E-state index contributed by atoms with van der Waals surface area (Å²) in [5, 5.41) is 7.47. The molecule has 4 rings (SSSR count). The SMILES string of the molecule is Br.CC(C)OC(=O)c1nc(F)c(F)c(N2C(=O)c3ccccc3C2=O)c1Cl.II.Nc1c(F)c(Br)nc(C(=O)O)c1Cl.[V]. The molecule has 0 saturated heterocycles. The van der Waals surface area contributed by atoms with E-state index in [0.717, 1.165) is 0 Å². The fourth-order valence-electron chi connectivity index (χ4n) is 3.17. The molecule has 43 heavy (non-hydrogen) atoms. The first kappa shape index (κ1) is 41.8. The number of nitrogen functional groups attached to an aromatic ring is 1. The summed E-state index contributed by atoms with van der Waals surface area (Å²) in [6.07, 6.45) is -0.573. The van der Waals surface area contributed by atoms with Crippen LogP contribution in [0.4, 0.5) is 24.5 Å². The van der Waals surface area contributed by atoms with Crippen molar-refractivity contribution >= 4 is 128 Å². The second kappa shape index (κ2) is 18.1. The number of benzene rings is 1. The summed E-state index contributed by atoms with van der Waals surface area (Å²) in [5.41, 5.74) is 2.69. The van der Waals surface area contributed by atoms with Gasteiger partial charge in [-0.1, -0.05) is 35.3 Å². The van der Waals surface area contributed by atoms with Gasteiger partial charge >= 0.3 is 11.9 Å². The Bertz CT molecular complexity index is 1550. The number of hydrogen-bond donors (Lipinski definition) is 2. The molecular weight excluding hydrogens is 1020 g/mol. The van der Waals surface area contributed by atoms with Gasteiger partial charge < -0.3 is 15.6 Å². The van der Waals surface area contributed by atoms with Crippen LogP contribution in [0.5, 0.6) is 0 Å². The number of anilines is 2. The smallest absolute Gasteiger partial charge is 0.358 e. The van der Waals surface area contributed by atoms with Gasteiger partial charge in [0.25, 0.3) is 17.8 Å². The van der Waals surface area contributed by atoms with E-state index in [2.05, 4.69) is 63.1 Å². The molecule has 10 nitrogen and oxygen atoms in total. The van der Waals surface area contributed by atoms with Crippen molar-refractivity contribution in [1.29, 1.82) is 0 Å². The molecule has 3 heterocycles. The minimum absolute atomic E-state index is 0. The molecule has 0 bridgehead atoms. The van der Waals surface area contributed by atoms with Gasteiger partial charge in [0.1, 0.15) is 15.3 Å². The number of esters is 1. The Labute approximate surface area is 305 Å². The topological polar surface area (TPSA) is 153 Å². The quantitative estimate of drug-likeness (QED) is 0.116. The zero-order chi connectivity index (χ0) is 31.3. The molecule has 1 aliphatic heterocycles. The van der Waals surface area contributed by atoms with Crippen molar-refractivity contribution in [2.45, 2.75) is 20.0 Å². The Kier molecular flexibility index (Phi) is 17.5. The Morgan fingerprint density at radius 1 is 1.00 bits per heavy atom. The summed E-state index contributed by atoms with van der Waals surface area (Å²) in [7, 11) is 0. The number of carbonyl (C=O) groups is 4. The van der Waals surface area contributed by atoms with Gasteiger partial charge in [0.15, 0.2) is 17.2 Å². The monoisotopic (exact) mass is 1030 g/mol. The van der Waals surface area contributed by atoms with Gasteiger partial charge in [-0.2, -0.15) is 8.78 Å². The van der Waals surface area contributed by atoms with Crippen LogP contribution in [0, 0.1) is 17.6 Å². The summed E-state index contributed by atoms with van der Waals surface area (Å²) in [4.78, 5) is 54.4. The molecule has 1 aromatic carbocycles. The number of carbonyl (C=O) groups excluding carboxylic acids is 3. The van der Waals surface area contributed by atoms with Crippen LogP contribution in [0.3, 0.4) is 0 Å². The van der Waals surface area contributed by atoms with Gasteiger partial charge in [0.05, 0.1) is 27.9 Å². The number of pyridine rings is 2. The van der Waals surface area contributed by atoms with Crippen LogP contribution < -0.4 is 10.6 Å². The number of halogens is 9. The first-order valence-electron chi connectivity index (χ1n) is 10.6. The van der Waals surface area contributed by atoms with E-state index in [1.165, 1.54) is 38.1 Å². The normalized spacial score (nSPS) is 11.3. The maximum Gasteiger partial charge on any atom is 0.358 e. The van der Waals surface area contributed by atoms with Crippen molar-refractivity contribution in [3.05, 3.63) is 79.0 Å². The fraction of sp³-hybridized carbons (Fsp3) is 0.130. The molecule has 1 aliphatic rings. The number of aromatic nitrogens is 2. The third-order valence-electron chi connectivity index (χ3n) is 4.84. The Morgan fingerprint density at radius 3 is 1.93 bits per heavy atom. The van der Waals surface area contributed by atoms with Crippen LogP contribution in [-0.4, -0.2) is 44.9 Å². The van der Waals surface area contributed by atoms with E-state index in [1.54, 1.807) is 0 Å². The average molecular weight is 1040 g/mol. The number of hydrogen-bond acceptors (Lipinski definition) is 8. The van der Waals surface area contributed by atoms with Gasteiger partial charge in [-0.15, -0.1) is 17.0 Å². The summed E-state index contributed by atoms with van der Waals surface area (Å²) >= 11 is 18.4. The zero-order valence-electron chi connectivity index (χ0n) is 21.2. The Morgan fingerprint density at radius 2 is 1.49 bits per heavy atom. The Balaban J connectivity index is 0.000000884. The number of carboxylic acid groups (broad SMARTS) is 1. The van der Waals surface area contributed by atoms with Crippen LogP contribution in [0.1, 0.15) is 55.5 Å². The van der Waals surface area contributed by atoms with Gasteiger partial charge in [0.2, 0.25) is 5.82 Å². The van der Waals surface area contributed by atoms with Crippen LogP contribution in [-0.2, 0) is 23.3 Å². The largest absolute Gasteiger partial charge is 0.476 e. The third-order valence-corrected chi connectivity index (χ3v) is 6.11. The maximum atomic E-state index is 14.4. The van der Waals surface area contributed by atoms with E-state index < -0.39 is 80.2 Å². The van der Waals surface area contributed by atoms with Crippen LogP contribution in [0.25, 0.3) is 0 Å². The van der Waals surface area contributed by atoms with Gasteiger partial charge in [-0.3, -0.25) is 9.59 Å². The van der Waals surface area contributed by atoms with E-state index >= 15 is 0 Å². The Hall–Kier alpha value is -1.23. The van der Waals surface area contributed by atoms with E-state index in [1.807, 2.05) is 0 Å². The number of nitrogens with two attached hydrogens (primary N) is 1. The van der Waals surface area contributed by atoms with Crippen molar-refractivity contribution in [3.8, 4) is 0 Å². The maximum absolute atomic E-state index is 14.4. The molecule has 20 heteroatoms. The van der Waals surface area contributed by atoms with Crippen LogP contribution in [0.2, 0.25) is 10.0 Å². The first-order valence-corrected chi connectivity index (χ1v) is 18.4. The molecule has 1 radical (unpaired) electrons. The van der Waals surface area contributed by atoms with E-state index in [0.29, 0.717) is 4.90 Å². The van der Waals surface area contributed by atoms with Crippen molar-refractivity contribution in [1.82, 2.24) is 9.97 Å². The number of imide groups is 1. The standard InChI is InChI=1S/C17H11ClF2N2O4.C6H3BrClFN2O2.BrH.I2.V/c1-7(2)26-17(25)12-10(18)13(11(19)14(20)21-12)22-15(23)8-5-3-4-6-9(8)16(22)24;7-5-2(9)3(10)1(8)4(11-5)6(12)13;;1-2;/h3-7H,1-2H3;(H2,10,11)(H,12,13);1H;;. The number of nitrogens with zero attached hydrogens (tertiary/aromatic N) is 3. The molecule has 0 atom stereocenters. The molecule has 0 spiro atoms. The first-order chi connectivity index (χ1) is 19.2. The molecule has 2 aromatic heterocycles. The predicted molar refractivity (Wildman–Crippen MR) is 174 cm³/mol. The zero-order valence-corrected chi connectivity index (χ0v) is 31.7. The number of rotatable bonds is 4. The minimum Gasteiger partial charge on any atom is -0.476 e. The molecule has 2 amide bonds. The molecule has 0 saturated carbocycles. The average Bonchev–Trinajstić information content (AvgIpc) is 3.18. The molecule has 0 aliphatic carbocycles. The minimum atomic E-state index is -1.68.